The lowest BCUT2D eigenvalue weighted by Gasteiger charge is -2.11. The molecule has 3 aromatic heterocycles. The van der Waals surface area contributed by atoms with Gasteiger partial charge in [0.1, 0.15) is 11.3 Å². The number of para-hydroxylation sites is 1. The highest BCUT2D eigenvalue weighted by atomic mass is 16.3. The average Bonchev–Trinajstić information content (AvgIpc) is 3.69. The number of furan rings is 1. The maximum Gasteiger partial charge on any atom is 0.164 e. The third-order valence-electron chi connectivity index (χ3n) is 10.7. The predicted octanol–water partition coefficient (Wildman–Crippen LogP) is 13.5. The number of fused-ring (bicyclic) bond motifs is 6. The van der Waals surface area contributed by atoms with E-state index in [1.807, 2.05) is 48.5 Å². The molecule has 5 heteroatoms. The van der Waals surface area contributed by atoms with Gasteiger partial charge in [0, 0.05) is 38.4 Å². The van der Waals surface area contributed by atoms with E-state index in [-0.39, 0.29) is 0 Å². The van der Waals surface area contributed by atoms with Crippen LogP contribution < -0.4 is 0 Å². The van der Waals surface area contributed by atoms with Crippen molar-refractivity contribution < 1.29 is 4.42 Å². The number of hydrogen-bond acceptors (Lipinski definition) is 5. The van der Waals surface area contributed by atoms with Crippen LogP contribution in [0.3, 0.4) is 0 Å². The SMILES string of the molecule is c1ccc(-c2ccc(-c3nc(-c4ccccc4)nc(-c4cccc(-c5cccc(-c6nc7cc8ccccc8cc7c7c6oc6ccccc67)c5)c4)n3)cc2)cc1. The zero-order chi connectivity index (χ0) is 37.7. The first-order chi connectivity index (χ1) is 28.2. The number of aromatic nitrogens is 4. The summed E-state index contributed by atoms with van der Waals surface area (Å²) in [7, 11) is 0. The van der Waals surface area contributed by atoms with Gasteiger partial charge in [-0.2, -0.15) is 0 Å². The fourth-order valence-electron chi connectivity index (χ4n) is 7.84. The molecule has 0 N–H and O–H groups in total. The Labute approximate surface area is 328 Å². The second-order valence-electron chi connectivity index (χ2n) is 14.3. The van der Waals surface area contributed by atoms with Gasteiger partial charge in [-0.15, -0.1) is 0 Å². The van der Waals surface area contributed by atoms with Gasteiger partial charge in [0.25, 0.3) is 0 Å². The molecule has 57 heavy (non-hydrogen) atoms. The number of benzene rings is 8. The summed E-state index contributed by atoms with van der Waals surface area (Å²) >= 11 is 0. The highest BCUT2D eigenvalue weighted by molar-refractivity contribution is 6.22. The van der Waals surface area contributed by atoms with Gasteiger partial charge < -0.3 is 4.42 Å². The van der Waals surface area contributed by atoms with Crippen molar-refractivity contribution >= 4 is 43.6 Å². The van der Waals surface area contributed by atoms with Gasteiger partial charge in [-0.05, 0) is 63.4 Å². The molecule has 0 unspecified atom stereocenters. The molecule has 0 aliphatic carbocycles. The minimum atomic E-state index is 0.608. The molecule has 0 fully saturated rings. The van der Waals surface area contributed by atoms with Crippen LogP contribution in [0.25, 0.3) is 111 Å². The van der Waals surface area contributed by atoms with E-state index in [4.69, 9.17) is 24.4 Å². The van der Waals surface area contributed by atoms with Crippen LogP contribution in [0.5, 0.6) is 0 Å². The van der Waals surface area contributed by atoms with Crippen LogP contribution in [-0.4, -0.2) is 19.9 Å². The third-order valence-corrected chi connectivity index (χ3v) is 10.7. The molecular formula is C52H32N4O. The highest BCUT2D eigenvalue weighted by Gasteiger charge is 2.19. The molecular weight excluding hydrogens is 697 g/mol. The predicted molar refractivity (Wildman–Crippen MR) is 233 cm³/mol. The number of hydrogen-bond donors (Lipinski definition) is 0. The Morgan fingerprint density at radius 1 is 0.316 bits per heavy atom. The minimum absolute atomic E-state index is 0.608. The zero-order valence-corrected chi connectivity index (χ0v) is 30.7. The molecule has 0 atom stereocenters. The minimum Gasteiger partial charge on any atom is -0.454 e. The lowest BCUT2D eigenvalue weighted by molar-refractivity contribution is 0.669. The highest BCUT2D eigenvalue weighted by Crippen LogP contribution is 2.41. The number of rotatable bonds is 6. The van der Waals surface area contributed by atoms with Crippen LogP contribution >= 0.6 is 0 Å². The zero-order valence-electron chi connectivity index (χ0n) is 30.7. The molecule has 0 radical (unpaired) electrons. The number of pyridine rings is 1. The Bertz CT molecular complexity index is 3280. The normalized spacial score (nSPS) is 11.5. The Hall–Kier alpha value is -7.76. The fraction of sp³-hybridized carbons (Fsp3) is 0. The molecule has 0 saturated carbocycles. The van der Waals surface area contributed by atoms with Crippen LogP contribution in [0.15, 0.2) is 199 Å². The summed E-state index contributed by atoms with van der Waals surface area (Å²) in [6.07, 6.45) is 0. The van der Waals surface area contributed by atoms with Crippen LogP contribution in [0.2, 0.25) is 0 Å². The first-order valence-corrected chi connectivity index (χ1v) is 19.0. The van der Waals surface area contributed by atoms with E-state index < -0.39 is 0 Å². The monoisotopic (exact) mass is 728 g/mol. The van der Waals surface area contributed by atoms with Gasteiger partial charge in [0.05, 0.1) is 5.52 Å². The number of nitrogens with zero attached hydrogens (tertiary/aromatic N) is 4. The summed E-state index contributed by atoms with van der Waals surface area (Å²) in [5.74, 6) is 1.85. The van der Waals surface area contributed by atoms with Crippen LogP contribution in [-0.2, 0) is 0 Å². The first-order valence-electron chi connectivity index (χ1n) is 19.0. The standard InChI is InChI=1S/C52H32N4O/c1-3-13-33(14-4-1)34-25-27-36(28-26-34)51-54-50(35-15-5-2-6-16-35)55-52(56-51)42-22-12-20-38(30-42)37-19-11-21-41(29-37)48-49-47(43-23-9-10-24-46(43)57-49)44-31-39-17-7-8-18-40(39)32-45(44)53-48/h1-32H. The maximum atomic E-state index is 6.62. The summed E-state index contributed by atoms with van der Waals surface area (Å²) in [4.78, 5) is 20.4. The molecule has 0 spiro atoms. The van der Waals surface area contributed by atoms with Crippen molar-refractivity contribution in [3.8, 4) is 67.7 Å². The van der Waals surface area contributed by atoms with Gasteiger partial charge in [-0.25, -0.2) is 19.9 Å². The topological polar surface area (TPSA) is 64.7 Å². The summed E-state index contributed by atoms with van der Waals surface area (Å²) in [5, 5.41) is 5.58. The molecule has 266 valence electrons. The lowest BCUT2D eigenvalue weighted by Crippen LogP contribution is -2.00. The van der Waals surface area contributed by atoms with Gasteiger partial charge in [-0.3, -0.25) is 0 Å². The van der Waals surface area contributed by atoms with Crippen molar-refractivity contribution in [3.05, 3.63) is 194 Å². The van der Waals surface area contributed by atoms with Crippen molar-refractivity contribution in [2.24, 2.45) is 0 Å². The smallest absolute Gasteiger partial charge is 0.164 e. The Balaban J connectivity index is 1.02. The van der Waals surface area contributed by atoms with Crippen LogP contribution in [0, 0.1) is 0 Å². The van der Waals surface area contributed by atoms with E-state index in [9.17, 15) is 0 Å². The van der Waals surface area contributed by atoms with Crippen molar-refractivity contribution in [2.75, 3.05) is 0 Å². The Morgan fingerprint density at radius 2 is 0.807 bits per heavy atom. The molecule has 0 saturated heterocycles. The molecule has 3 heterocycles. The molecule has 0 aliphatic rings. The van der Waals surface area contributed by atoms with E-state index in [1.54, 1.807) is 0 Å². The molecule has 0 aliphatic heterocycles. The Morgan fingerprint density at radius 3 is 1.53 bits per heavy atom. The first kappa shape index (κ1) is 32.7. The summed E-state index contributed by atoms with van der Waals surface area (Å²) in [6, 6.07) is 66.9. The average molecular weight is 729 g/mol. The van der Waals surface area contributed by atoms with E-state index in [2.05, 4.69) is 146 Å². The van der Waals surface area contributed by atoms with Crippen molar-refractivity contribution in [1.29, 1.82) is 0 Å². The molecule has 0 bridgehead atoms. The molecule has 8 aromatic carbocycles. The van der Waals surface area contributed by atoms with Crippen LogP contribution in [0.1, 0.15) is 0 Å². The van der Waals surface area contributed by atoms with Crippen LogP contribution in [0.4, 0.5) is 0 Å². The summed E-state index contributed by atoms with van der Waals surface area (Å²) in [6.45, 7) is 0. The largest absolute Gasteiger partial charge is 0.454 e. The van der Waals surface area contributed by atoms with E-state index in [0.29, 0.717) is 17.5 Å². The van der Waals surface area contributed by atoms with E-state index in [1.165, 1.54) is 10.9 Å². The van der Waals surface area contributed by atoms with E-state index in [0.717, 1.165) is 82.9 Å². The van der Waals surface area contributed by atoms with Gasteiger partial charge >= 0.3 is 0 Å². The van der Waals surface area contributed by atoms with Crippen molar-refractivity contribution in [2.45, 2.75) is 0 Å². The molecule has 0 amide bonds. The molecule has 5 nitrogen and oxygen atoms in total. The third kappa shape index (κ3) is 5.90. The van der Waals surface area contributed by atoms with E-state index >= 15 is 0 Å². The molecule has 11 aromatic rings. The van der Waals surface area contributed by atoms with Gasteiger partial charge in [0.15, 0.2) is 23.1 Å². The second kappa shape index (κ2) is 13.5. The van der Waals surface area contributed by atoms with Gasteiger partial charge in [-0.1, -0.05) is 164 Å². The van der Waals surface area contributed by atoms with Crippen molar-refractivity contribution in [1.82, 2.24) is 19.9 Å². The Kier molecular flexibility index (Phi) is 7.74. The second-order valence-corrected chi connectivity index (χ2v) is 14.3. The lowest BCUT2D eigenvalue weighted by atomic mass is 9.97. The van der Waals surface area contributed by atoms with Crippen molar-refractivity contribution in [3.63, 3.8) is 0 Å². The maximum absolute atomic E-state index is 6.62. The quantitative estimate of drug-likeness (QED) is 0.160. The van der Waals surface area contributed by atoms with Gasteiger partial charge in [0.2, 0.25) is 0 Å². The summed E-state index contributed by atoms with van der Waals surface area (Å²) in [5.41, 5.74) is 11.5. The summed E-state index contributed by atoms with van der Waals surface area (Å²) < 4.78 is 6.62. The molecule has 11 rings (SSSR count). The fourth-order valence-corrected chi connectivity index (χ4v) is 7.84.